The van der Waals surface area contributed by atoms with Gasteiger partial charge in [0.15, 0.2) is 0 Å². The van der Waals surface area contributed by atoms with E-state index in [4.69, 9.17) is 11.5 Å². The summed E-state index contributed by atoms with van der Waals surface area (Å²) < 4.78 is 27.2. The minimum atomic E-state index is -4.38. The van der Waals surface area contributed by atoms with Gasteiger partial charge in [0, 0.05) is 25.1 Å². The first-order chi connectivity index (χ1) is 18.9. The van der Waals surface area contributed by atoms with Gasteiger partial charge in [-0.15, -0.1) is 0 Å². The molecular formula is C26H31N5O8S. The molecule has 214 valence electrons. The molecule has 0 spiro atoms. The standard InChI is InChI=1S/C26H31N5O8S/c27-23(32)16-21(24(28)33)20(14-9-17-6-2-1-3-7-17)25(34)29-22-8-4-5-15-30(26(22)35)40(38,39)19-12-10-18(11-13-19)31(36)37/h1-3,6-7,10-13,20-22H,4-5,8-9,14-16H2,(H2,27,32)(H2,28,33)(H,29,34)/t20?,21-,22?/m0/s1. The number of hydrogen-bond donors (Lipinski definition) is 3. The smallest absolute Gasteiger partial charge is 0.269 e. The third-order valence-electron chi connectivity index (χ3n) is 6.80. The lowest BCUT2D eigenvalue weighted by Gasteiger charge is -2.28. The fourth-order valence-corrected chi connectivity index (χ4v) is 6.14. The number of hydrogen-bond acceptors (Lipinski definition) is 8. The molecule has 1 aliphatic heterocycles. The summed E-state index contributed by atoms with van der Waals surface area (Å²) in [4.78, 5) is 60.8. The van der Waals surface area contributed by atoms with Crippen molar-refractivity contribution in [3.8, 4) is 0 Å². The number of non-ortho nitro benzene ring substituents is 1. The number of benzene rings is 2. The Morgan fingerprint density at radius 1 is 1.02 bits per heavy atom. The van der Waals surface area contributed by atoms with Gasteiger partial charge >= 0.3 is 0 Å². The van der Waals surface area contributed by atoms with E-state index in [1.54, 1.807) is 0 Å². The van der Waals surface area contributed by atoms with Crippen molar-refractivity contribution in [2.24, 2.45) is 23.3 Å². The van der Waals surface area contributed by atoms with E-state index >= 15 is 0 Å². The number of nitrogens with two attached hydrogens (primary N) is 2. The Bertz CT molecular complexity index is 1370. The van der Waals surface area contributed by atoms with E-state index in [2.05, 4.69) is 5.32 Å². The van der Waals surface area contributed by atoms with Crippen LogP contribution in [0.25, 0.3) is 0 Å². The fourth-order valence-electron chi connectivity index (χ4n) is 4.67. The van der Waals surface area contributed by atoms with Crippen LogP contribution >= 0.6 is 0 Å². The molecule has 5 N–H and O–H groups in total. The zero-order valence-electron chi connectivity index (χ0n) is 21.6. The second kappa shape index (κ2) is 13.2. The molecule has 1 saturated heterocycles. The van der Waals surface area contributed by atoms with Gasteiger partial charge in [-0.2, -0.15) is 0 Å². The average Bonchev–Trinajstić information content (AvgIpc) is 3.10. The number of aryl methyl sites for hydroxylation is 1. The minimum Gasteiger partial charge on any atom is -0.370 e. The molecule has 0 saturated carbocycles. The SMILES string of the molecule is NC(=O)C[C@H](C(N)=O)C(CCc1ccccc1)C(=O)NC1CCCCN(S(=O)(=O)c2ccc([N+](=O)[O-])cc2)C1=O. The van der Waals surface area contributed by atoms with Crippen LogP contribution in [0.3, 0.4) is 0 Å². The second-order valence-electron chi connectivity index (χ2n) is 9.53. The van der Waals surface area contributed by atoms with E-state index in [1.807, 2.05) is 30.3 Å². The average molecular weight is 574 g/mol. The molecule has 1 heterocycles. The van der Waals surface area contributed by atoms with Gasteiger partial charge in [-0.1, -0.05) is 30.3 Å². The summed E-state index contributed by atoms with van der Waals surface area (Å²) in [5, 5.41) is 13.5. The number of nitro benzene ring substituents is 1. The molecule has 1 fully saturated rings. The topological polar surface area (TPSA) is 213 Å². The molecule has 2 aromatic rings. The van der Waals surface area contributed by atoms with Crippen LogP contribution in [0.15, 0.2) is 59.5 Å². The second-order valence-corrected chi connectivity index (χ2v) is 11.4. The predicted octanol–water partition coefficient (Wildman–Crippen LogP) is 1.01. The molecule has 2 aromatic carbocycles. The number of nitrogens with zero attached hydrogens (tertiary/aromatic N) is 2. The Balaban J connectivity index is 1.85. The zero-order chi connectivity index (χ0) is 29.4. The van der Waals surface area contributed by atoms with Crippen molar-refractivity contribution >= 4 is 39.3 Å². The number of primary amides is 2. The van der Waals surface area contributed by atoms with E-state index in [9.17, 15) is 37.7 Å². The summed E-state index contributed by atoms with van der Waals surface area (Å²) in [6.45, 7) is -0.145. The summed E-state index contributed by atoms with van der Waals surface area (Å²) in [5.41, 5.74) is 11.4. The van der Waals surface area contributed by atoms with E-state index in [0.717, 1.165) is 29.8 Å². The van der Waals surface area contributed by atoms with E-state index in [1.165, 1.54) is 0 Å². The molecule has 14 heteroatoms. The normalized spacial score (nSPS) is 17.4. The molecule has 3 rings (SSSR count). The number of carbonyl (C=O) groups excluding carboxylic acids is 4. The van der Waals surface area contributed by atoms with E-state index in [0.29, 0.717) is 23.6 Å². The highest BCUT2D eigenvalue weighted by molar-refractivity contribution is 7.89. The van der Waals surface area contributed by atoms with Crippen molar-refractivity contribution in [3.05, 3.63) is 70.3 Å². The zero-order valence-corrected chi connectivity index (χ0v) is 22.4. The summed E-state index contributed by atoms with van der Waals surface area (Å²) in [6, 6.07) is 12.0. The Morgan fingerprint density at radius 3 is 2.25 bits per heavy atom. The van der Waals surface area contributed by atoms with Gasteiger partial charge < -0.3 is 16.8 Å². The van der Waals surface area contributed by atoms with Gasteiger partial charge in [0.2, 0.25) is 17.7 Å². The van der Waals surface area contributed by atoms with Crippen molar-refractivity contribution in [2.45, 2.75) is 49.5 Å². The van der Waals surface area contributed by atoms with Crippen molar-refractivity contribution in [1.29, 1.82) is 0 Å². The van der Waals surface area contributed by atoms with Crippen LogP contribution in [0.2, 0.25) is 0 Å². The lowest BCUT2D eigenvalue weighted by atomic mass is 9.83. The van der Waals surface area contributed by atoms with Crippen molar-refractivity contribution in [1.82, 2.24) is 9.62 Å². The molecule has 0 radical (unpaired) electrons. The molecule has 1 aliphatic rings. The van der Waals surface area contributed by atoms with Crippen molar-refractivity contribution in [3.63, 3.8) is 0 Å². The van der Waals surface area contributed by atoms with Gasteiger partial charge in [-0.05, 0) is 49.8 Å². The van der Waals surface area contributed by atoms with Crippen LogP contribution in [-0.2, 0) is 35.6 Å². The van der Waals surface area contributed by atoms with E-state index in [-0.39, 0.29) is 30.0 Å². The van der Waals surface area contributed by atoms with Crippen LogP contribution in [0.1, 0.15) is 37.7 Å². The number of sulfonamides is 1. The number of nitrogens with one attached hydrogen (secondary N) is 1. The van der Waals surface area contributed by atoms with Crippen LogP contribution in [0.4, 0.5) is 5.69 Å². The lowest BCUT2D eigenvalue weighted by Crippen LogP contribution is -2.52. The predicted molar refractivity (Wildman–Crippen MR) is 143 cm³/mol. The summed E-state index contributed by atoms with van der Waals surface area (Å²) >= 11 is 0. The highest BCUT2D eigenvalue weighted by atomic mass is 32.2. The Kier molecular flexibility index (Phi) is 9.93. The van der Waals surface area contributed by atoms with Gasteiger partial charge in [0.05, 0.1) is 21.7 Å². The monoisotopic (exact) mass is 573 g/mol. The largest absolute Gasteiger partial charge is 0.370 e. The van der Waals surface area contributed by atoms with Crippen molar-refractivity contribution in [2.75, 3.05) is 6.54 Å². The summed E-state index contributed by atoms with van der Waals surface area (Å²) in [7, 11) is -4.38. The number of amides is 4. The summed E-state index contributed by atoms with van der Waals surface area (Å²) in [5.74, 6) is -5.68. The molecular weight excluding hydrogens is 542 g/mol. The molecule has 0 aliphatic carbocycles. The lowest BCUT2D eigenvalue weighted by molar-refractivity contribution is -0.384. The third kappa shape index (κ3) is 7.40. The maximum Gasteiger partial charge on any atom is 0.269 e. The van der Waals surface area contributed by atoms with Crippen LogP contribution in [0, 0.1) is 22.0 Å². The molecule has 40 heavy (non-hydrogen) atoms. The quantitative estimate of drug-likeness (QED) is 0.245. The highest BCUT2D eigenvalue weighted by Gasteiger charge is 2.39. The van der Waals surface area contributed by atoms with E-state index < -0.39 is 62.9 Å². The first-order valence-electron chi connectivity index (χ1n) is 12.6. The number of nitro groups is 1. The summed E-state index contributed by atoms with van der Waals surface area (Å²) in [6.07, 6.45) is 0.884. The molecule has 0 bridgehead atoms. The highest BCUT2D eigenvalue weighted by Crippen LogP contribution is 2.26. The molecule has 4 amide bonds. The number of carbonyl (C=O) groups is 4. The van der Waals surface area contributed by atoms with Gasteiger partial charge in [-0.25, -0.2) is 12.7 Å². The Labute approximate surface area is 231 Å². The minimum absolute atomic E-state index is 0.114. The van der Waals surface area contributed by atoms with Gasteiger partial charge in [0.25, 0.3) is 21.6 Å². The van der Waals surface area contributed by atoms with Crippen LogP contribution in [-0.4, -0.2) is 53.9 Å². The molecule has 2 unspecified atom stereocenters. The van der Waals surface area contributed by atoms with Gasteiger partial charge in [-0.3, -0.25) is 29.3 Å². The fraction of sp³-hybridized carbons (Fsp3) is 0.385. The molecule has 3 atom stereocenters. The first kappa shape index (κ1) is 30.2. The van der Waals surface area contributed by atoms with Crippen LogP contribution in [0.5, 0.6) is 0 Å². The van der Waals surface area contributed by atoms with Crippen molar-refractivity contribution < 1.29 is 32.5 Å². The van der Waals surface area contributed by atoms with Gasteiger partial charge in [0.1, 0.15) is 6.04 Å². The Morgan fingerprint density at radius 2 is 1.68 bits per heavy atom. The van der Waals surface area contributed by atoms with Crippen LogP contribution < -0.4 is 16.8 Å². The first-order valence-corrected chi connectivity index (χ1v) is 14.1. The molecule has 13 nitrogen and oxygen atoms in total. The Hall–Kier alpha value is -4.33. The maximum absolute atomic E-state index is 13.5. The molecule has 0 aromatic heterocycles. The maximum atomic E-state index is 13.5. The number of rotatable bonds is 12. The third-order valence-corrected chi connectivity index (χ3v) is 8.61.